The molecule has 1 aromatic carbocycles. The van der Waals surface area contributed by atoms with Gasteiger partial charge in [0.05, 0.1) is 17.9 Å². The van der Waals surface area contributed by atoms with Gasteiger partial charge in [-0.3, -0.25) is 4.79 Å². The van der Waals surface area contributed by atoms with Crippen molar-refractivity contribution in [1.82, 2.24) is 14.5 Å². The molecule has 2 heterocycles. The number of fused-ring (bicyclic) bond motifs is 1. The van der Waals surface area contributed by atoms with Crippen LogP contribution in [0.4, 0.5) is 0 Å². The van der Waals surface area contributed by atoms with Gasteiger partial charge in [-0.1, -0.05) is 50.6 Å². The Morgan fingerprint density at radius 1 is 1.30 bits per heavy atom. The first-order valence-corrected chi connectivity index (χ1v) is 9.74. The van der Waals surface area contributed by atoms with Crippen molar-refractivity contribution >= 4 is 18.3 Å². The summed E-state index contributed by atoms with van der Waals surface area (Å²) in [5.74, 6) is 2.39. The van der Waals surface area contributed by atoms with Gasteiger partial charge in [0.15, 0.2) is 0 Å². The molecule has 1 aromatic heterocycles. The Bertz CT molecular complexity index is 780. The molecule has 5 heteroatoms. The van der Waals surface area contributed by atoms with E-state index in [4.69, 9.17) is 4.98 Å². The number of nitrogens with zero attached hydrogens (tertiary/aromatic N) is 3. The zero-order valence-corrected chi connectivity index (χ0v) is 18.0. The van der Waals surface area contributed by atoms with E-state index in [2.05, 4.69) is 56.5 Å². The van der Waals surface area contributed by atoms with Crippen molar-refractivity contribution < 1.29 is 4.79 Å². The van der Waals surface area contributed by atoms with Gasteiger partial charge in [-0.05, 0) is 25.2 Å². The molecule has 2 aromatic rings. The second-order valence-corrected chi connectivity index (χ2v) is 8.29. The topological polar surface area (TPSA) is 38.1 Å². The zero-order chi connectivity index (χ0) is 18.8. The third kappa shape index (κ3) is 4.92. The highest BCUT2D eigenvalue weighted by Crippen LogP contribution is 2.30. The number of carbonyl (C=O) groups is 1. The Morgan fingerprint density at radius 3 is 2.59 bits per heavy atom. The van der Waals surface area contributed by atoms with Crippen molar-refractivity contribution in [3.05, 3.63) is 41.3 Å². The fourth-order valence-corrected chi connectivity index (χ4v) is 3.64. The molecule has 0 saturated heterocycles. The second kappa shape index (κ2) is 8.92. The highest BCUT2D eigenvalue weighted by atomic mass is 35.5. The van der Waals surface area contributed by atoms with E-state index in [1.807, 2.05) is 11.9 Å². The van der Waals surface area contributed by atoms with E-state index in [-0.39, 0.29) is 18.3 Å². The van der Waals surface area contributed by atoms with Crippen LogP contribution in [0.2, 0.25) is 0 Å². The minimum atomic E-state index is 0. The van der Waals surface area contributed by atoms with Crippen LogP contribution in [0.5, 0.6) is 0 Å². The average Bonchev–Trinajstić information content (AvgIpc) is 2.93. The van der Waals surface area contributed by atoms with Crippen LogP contribution in [-0.4, -0.2) is 27.4 Å². The number of imidazole rings is 1. The molecule has 0 radical (unpaired) electrons. The number of aryl methyl sites for hydroxylation is 2. The number of aromatic nitrogens is 2. The van der Waals surface area contributed by atoms with Gasteiger partial charge >= 0.3 is 0 Å². The third-order valence-electron chi connectivity index (χ3n) is 5.23. The molecular weight excluding hydrogens is 358 g/mol. The van der Waals surface area contributed by atoms with Crippen LogP contribution in [0, 0.1) is 18.8 Å². The van der Waals surface area contributed by atoms with Crippen LogP contribution in [0.1, 0.15) is 50.7 Å². The molecule has 1 atom stereocenters. The standard InChI is InChI=1S/C22H31N3O.ClH/c1-15(2)12-21(26)24(5)14-19-22(18-9-6-16(3)7-10-18)23-20-11-8-17(4)13-25(19)20;/h6-7,9-10,15,17H,8,11-14H2,1-5H3;1H. The quantitative estimate of drug-likeness (QED) is 0.731. The van der Waals surface area contributed by atoms with E-state index in [1.54, 1.807) is 0 Å². The molecule has 0 N–H and O–H groups in total. The predicted octanol–water partition coefficient (Wildman–Crippen LogP) is 4.87. The van der Waals surface area contributed by atoms with Crippen molar-refractivity contribution in [3.8, 4) is 11.3 Å². The van der Waals surface area contributed by atoms with Crippen LogP contribution in [0.3, 0.4) is 0 Å². The first-order valence-electron chi connectivity index (χ1n) is 9.74. The summed E-state index contributed by atoms with van der Waals surface area (Å²) in [6, 6.07) is 8.56. The maximum atomic E-state index is 12.5. The van der Waals surface area contributed by atoms with E-state index >= 15 is 0 Å². The Balaban J connectivity index is 0.00000261. The van der Waals surface area contributed by atoms with Gasteiger partial charge in [0.1, 0.15) is 5.82 Å². The maximum Gasteiger partial charge on any atom is 0.222 e. The SMILES string of the molecule is Cc1ccc(-c2nc3n(c2CN(C)C(=O)CC(C)C)CC(C)CC3)cc1.Cl. The van der Waals surface area contributed by atoms with Gasteiger partial charge < -0.3 is 9.47 Å². The minimum Gasteiger partial charge on any atom is -0.340 e. The summed E-state index contributed by atoms with van der Waals surface area (Å²) in [5.41, 5.74) is 4.61. The van der Waals surface area contributed by atoms with Gasteiger partial charge in [-0.15, -0.1) is 12.4 Å². The molecule has 0 fully saturated rings. The van der Waals surface area contributed by atoms with Crippen LogP contribution < -0.4 is 0 Å². The Kier molecular flexibility index (Phi) is 7.10. The summed E-state index contributed by atoms with van der Waals surface area (Å²) in [6.07, 6.45) is 2.79. The lowest BCUT2D eigenvalue weighted by Gasteiger charge is -2.25. The van der Waals surface area contributed by atoms with Gasteiger partial charge in [-0.25, -0.2) is 4.98 Å². The van der Waals surface area contributed by atoms with Crippen LogP contribution in [0.15, 0.2) is 24.3 Å². The molecule has 1 aliphatic heterocycles. The highest BCUT2D eigenvalue weighted by molar-refractivity contribution is 5.85. The Labute approximate surface area is 169 Å². The summed E-state index contributed by atoms with van der Waals surface area (Å²) in [4.78, 5) is 19.3. The fourth-order valence-electron chi connectivity index (χ4n) is 3.64. The van der Waals surface area contributed by atoms with E-state index in [9.17, 15) is 4.79 Å². The lowest BCUT2D eigenvalue weighted by Crippen LogP contribution is -2.29. The van der Waals surface area contributed by atoms with Crippen LogP contribution in [-0.2, 0) is 24.3 Å². The molecule has 1 aliphatic rings. The fraction of sp³-hybridized carbons (Fsp3) is 0.545. The molecule has 0 spiro atoms. The van der Waals surface area contributed by atoms with Crippen molar-refractivity contribution in [2.75, 3.05) is 7.05 Å². The molecule has 0 saturated carbocycles. The van der Waals surface area contributed by atoms with Crippen molar-refractivity contribution in [1.29, 1.82) is 0 Å². The lowest BCUT2D eigenvalue weighted by atomic mass is 10.0. The first kappa shape index (κ1) is 21.5. The molecule has 4 nitrogen and oxygen atoms in total. The van der Waals surface area contributed by atoms with Crippen LogP contribution in [0.25, 0.3) is 11.3 Å². The van der Waals surface area contributed by atoms with Crippen molar-refractivity contribution in [2.45, 2.75) is 60.0 Å². The molecule has 0 aliphatic carbocycles. The molecule has 0 bridgehead atoms. The number of amides is 1. The summed E-state index contributed by atoms with van der Waals surface area (Å²) >= 11 is 0. The summed E-state index contributed by atoms with van der Waals surface area (Å²) in [6.45, 7) is 10.2. The highest BCUT2D eigenvalue weighted by Gasteiger charge is 2.25. The zero-order valence-electron chi connectivity index (χ0n) is 17.2. The third-order valence-corrected chi connectivity index (χ3v) is 5.23. The number of halogens is 1. The maximum absolute atomic E-state index is 12.5. The Hall–Kier alpha value is -1.81. The van der Waals surface area contributed by atoms with Crippen molar-refractivity contribution in [2.24, 2.45) is 11.8 Å². The minimum absolute atomic E-state index is 0. The summed E-state index contributed by atoms with van der Waals surface area (Å²) in [5, 5.41) is 0. The molecule has 1 amide bonds. The van der Waals surface area contributed by atoms with E-state index < -0.39 is 0 Å². The predicted molar refractivity (Wildman–Crippen MR) is 113 cm³/mol. The first-order chi connectivity index (χ1) is 12.3. The van der Waals surface area contributed by atoms with E-state index in [0.717, 1.165) is 24.2 Å². The van der Waals surface area contributed by atoms with Gasteiger partial charge in [0.2, 0.25) is 5.91 Å². The number of hydrogen-bond donors (Lipinski definition) is 0. The molecule has 3 rings (SSSR count). The number of carbonyl (C=O) groups excluding carboxylic acids is 1. The second-order valence-electron chi connectivity index (χ2n) is 8.29. The lowest BCUT2D eigenvalue weighted by molar-refractivity contribution is -0.131. The largest absolute Gasteiger partial charge is 0.340 e. The smallest absolute Gasteiger partial charge is 0.222 e. The summed E-state index contributed by atoms with van der Waals surface area (Å²) in [7, 11) is 1.91. The molecule has 27 heavy (non-hydrogen) atoms. The van der Waals surface area contributed by atoms with E-state index in [1.165, 1.54) is 23.5 Å². The average molecular weight is 390 g/mol. The number of rotatable bonds is 5. The number of hydrogen-bond acceptors (Lipinski definition) is 2. The molecule has 148 valence electrons. The normalized spacial score (nSPS) is 16.0. The Morgan fingerprint density at radius 2 is 1.96 bits per heavy atom. The van der Waals surface area contributed by atoms with E-state index in [0.29, 0.717) is 24.8 Å². The molecule has 1 unspecified atom stereocenters. The van der Waals surface area contributed by atoms with Gasteiger partial charge in [-0.2, -0.15) is 0 Å². The number of benzene rings is 1. The van der Waals surface area contributed by atoms with Gasteiger partial charge in [0.25, 0.3) is 0 Å². The summed E-state index contributed by atoms with van der Waals surface area (Å²) < 4.78 is 2.36. The van der Waals surface area contributed by atoms with Crippen LogP contribution >= 0.6 is 12.4 Å². The monoisotopic (exact) mass is 389 g/mol. The van der Waals surface area contributed by atoms with Gasteiger partial charge in [0, 0.05) is 32.0 Å². The molecular formula is C22H32ClN3O. The van der Waals surface area contributed by atoms with Crippen molar-refractivity contribution in [3.63, 3.8) is 0 Å².